The van der Waals surface area contributed by atoms with Gasteiger partial charge in [-0.25, -0.2) is 4.68 Å². The summed E-state index contributed by atoms with van der Waals surface area (Å²) in [4.78, 5) is 0. The maximum absolute atomic E-state index is 12.6. The highest BCUT2D eigenvalue weighted by Gasteiger charge is 2.35. The molecule has 1 aromatic carbocycles. The lowest BCUT2D eigenvalue weighted by atomic mass is 10.3. The molecule has 2 aromatic rings. The van der Waals surface area contributed by atoms with E-state index in [9.17, 15) is 13.2 Å². The maximum Gasteiger partial charge on any atom is 0.434 e. The van der Waals surface area contributed by atoms with Crippen LogP contribution >= 0.6 is 15.9 Å². The molecule has 0 saturated heterocycles. The summed E-state index contributed by atoms with van der Waals surface area (Å²) < 4.78 is 39.1. The van der Waals surface area contributed by atoms with Gasteiger partial charge in [-0.15, -0.1) is 0 Å². The molecular weight excluding hydrogens is 285 g/mol. The number of benzene rings is 1. The molecule has 2 rings (SSSR count). The van der Waals surface area contributed by atoms with Crippen molar-refractivity contribution in [2.45, 2.75) is 6.18 Å². The Kier molecular flexibility index (Phi) is 2.75. The Morgan fingerprint density at radius 1 is 1.25 bits per heavy atom. The van der Waals surface area contributed by atoms with Crippen LogP contribution < -0.4 is 0 Å². The Balaban J connectivity index is 2.58. The minimum absolute atomic E-state index is 0.330. The van der Waals surface area contributed by atoms with Crippen LogP contribution in [0.1, 0.15) is 5.69 Å². The van der Waals surface area contributed by atoms with Crippen LogP contribution in [0.15, 0.2) is 34.9 Å². The normalized spacial score (nSPS) is 11.8. The van der Waals surface area contributed by atoms with E-state index in [1.807, 2.05) is 0 Å². The van der Waals surface area contributed by atoms with Crippen LogP contribution in [0, 0.1) is 6.07 Å². The summed E-state index contributed by atoms with van der Waals surface area (Å²) >= 11 is 3.18. The van der Waals surface area contributed by atoms with Crippen molar-refractivity contribution in [1.82, 2.24) is 9.78 Å². The second kappa shape index (κ2) is 3.93. The zero-order chi connectivity index (χ0) is 11.8. The van der Waals surface area contributed by atoms with Crippen molar-refractivity contribution in [3.63, 3.8) is 0 Å². The lowest BCUT2D eigenvalue weighted by Gasteiger charge is -2.11. The van der Waals surface area contributed by atoms with Gasteiger partial charge in [-0.3, -0.25) is 0 Å². The van der Waals surface area contributed by atoms with Crippen LogP contribution in [0.2, 0.25) is 0 Å². The fraction of sp³-hybridized carbons (Fsp3) is 0.100. The number of alkyl halides is 3. The molecule has 0 bridgehead atoms. The average Bonchev–Trinajstić information content (AvgIpc) is 2.66. The molecule has 83 valence electrons. The first-order valence-corrected chi connectivity index (χ1v) is 5.07. The molecular formula is C10H5BrF3N2. The lowest BCUT2D eigenvalue weighted by molar-refractivity contribution is -0.143. The standard InChI is InChI=1S/C10H5BrF3N2/c11-7-3-1-2-4-8(7)16-9(5-6-15-16)10(12,13)14/h1-4,6H. The minimum atomic E-state index is -4.47. The van der Waals surface area contributed by atoms with Crippen LogP contribution in [0.5, 0.6) is 0 Å². The van der Waals surface area contributed by atoms with Gasteiger partial charge in [0.15, 0.2) is 5.69 Å². The predicted octanol–water partition coefficient (Wildman–Crippen LogP) is 3.45. The van der Waals surface area contributed by atoms with Crippen LogP contribution in [0.25, 0.3) is 5.69 Å². The first-order chi connectivity index (χ1) is 7.50. The molecule has 0 aliphatic rings. The summed E-state index contributed by atoms with van der Waals surface area (Å²) in [6.07, 6.45) is -3.46. The summed E-state index contributed by atoms with van der Waals surface area (Å²) in [5.74, 6) is 0. The van der Waals surface area contributed by atoms with E-state index in [4.69, 9.17) is 0 Å². The van der Waals surface area contributed by atoms with Crippen LogP contribution in [0.4, 0.5) is 13.2 Å². The first-order valence-electron chi connectivity index (χ1n) is 4.28. The lowest BCUT2D eigenvalue weighted by Crippen LogP contribution is -2.13. The highest BCUT2D eigenvalue weighted by molar-refractivity contribution is 9.10. The molecule has 16 heavy (non-hydrogen) atoms. The second-order valence-corrected chi connectivity index (χ2v) is 3.85. The van der Waals surface area contributed by atoms with Gasteiger partial charge in [-0.05, 0) is 28.1 Å². The minimum Gasteiger partial charge on any atom is -0.227 e. The molecule has 0 unspecified atom stereocenters. The molecule has 1 heterocycles. The van der Waals surface area contributed by atoms with Gasteiger partial charge >= 0.3 is 6.18 Å². The Hall–Kier alpha value is -1.30. The monoisotopic (exact) mass is 289 g/mol. The van der Waals surface area contributed by atoms with Gasteiger partial charge in [0.1, 0.15) is 0 Å². The van der Waals surface area contributed by atoms with Crippen LogP contribution in [0.3, 0.4) is 0 Å². The Morgan fingerprint density at radius 2 is 1.94 bits per heavy atom. The summed E-state index contributed by atoms with van der Waals surface area (Å²) in [7, 11) is 0. The van der Waals surface area contributed by atoms with Gasteiger partial charge in [0, 0.05) is 10.5 Å². The van der Waals surface area contributed by atoms with E-state index in [2.05, 4.69) is 27.1 Å². The smallest absolute Gasteiger partial charge is 0.227 e. The molecule has 0 aliphatic carbocycles. The van der Waals surface area contributed by atoms with E-state index in [1.165, 1.54) is 0 Å². The average molecular weight is 290 g/mol. The van der Waals surface area contributed by atoms with E-state index in [0.29, 0.717) is 10.2 Å². The quantitative estimate of drug-likeness (QED) is 0.786. The maximum atomic E-state index is 12.6. The Bertz CT molecular complexity index is 505. The second-order valence-electron chi connectivity index (χ2n) is 3.00. The van der Waals surface area contributed by atoms with Crippen molar-refractivity contribution >= 4 is 15.9 Å². The van der Waals surface area contributed by atoms with Crippen LogP contribution in [-0.2, 0) is 6.18 Å². The number of hydrogen-bond donors (Lipinski definition) is 0. The van der Waals surface area contributed by atoms with E-state index < -0.39 is 11.9 Å². The molecule has 0 atom stereocenters. The number of hydrogen-bond acceptors (Lipinski definition) is 1. The van der Waals surface area contributed by atoms with Crippen molar-refractivity contribution in [2.75, 3.05) is 0 Å². The van der Waals surface area contributed by atoms with Gasteiger partial charge < -0.3 is 0 Å². The zero-order valence-electron chi connectivity index (χ0n) is 7.79. The third-order valence-electron chi connectivity index (χ3n) is 1.94. The largest absolute Gasteiger partial charge is 0.434 e. The highest BCUT2D eigenvalue weighted by atomic mass is 79.9. The molecule has 0 N–H and O–H groups in total. The third kappa shape index (κ3) is 1.97. The number of nitrogens with zero attached hydrogens (tertiary/aromatic N) is 2. The summed E-state index contributed by atoms with van der Waals surface area (Å²) in [6, 6.07) is 8.63. The van der Waals surface area contributed by atoms with Crippen molar-refractivity contribution in [3.05, 3.63) is 46.7 Å². The summed E-state index contributed by atoms with van der Waals surface area (Å²) in [6.45, 7) is 0. The van der Waals surface area contributed by atoms with E-state index in [0.717, 1.165) is 10.9 Å². The van der Waals surface area contributed by atoms with Gasteiger partial charge in [0.2, 0.25) is 0 Å². The van der Waals surface area contributed by atoms with Gasteiger partial charge in [-0.1, -0.05) is 12.1 Å². The van der Waals surface area contributed by atoms with Crippen molar-refractivity contribution in [2.24, 2.45) is 0 Å². The van der Waals surface area contributed by atoms with Gasteiger partial charge in [0.25, 0.3) is 0 Å². The van der Waals surface area contributed by atoms with Gasteiger partial charge in [0.05, 0.1) is 11.9 Å². The summed E-state index contributed by atoms with van der Waals surface area (Å²) in [5.41, 5.74) is -0.588. The molecule has 1 radical (unpaired) electrons. The fourth-order valence-corrected chi connectivity index (χ4v) is 1.73. The summed E-state index contributed by atoms with van der Waals surface area (Å²) in [5, 5.41) is 3.62. The van der Waals surface area contributed by atoms with E-state index in [1.54, 1.807) is 24.3 Å². The molecule has 2 nitrogen and oxygen atoms in total. The van der Waals surface area contributed by atoms with Gasteiger partial charge in [-0.2, -0.15) is 18.3 Å². The van der Waals surface area contributed by atoms with E-state index in [-0.39, 0.29) is 0 Å². The number of halogens is 4. The zero-order valence-corrected chi connectivity index (χ0v) is 9.38. The molecule has 0 amide bonds. The molecule has 0 spiro atoms. The molecule has 0 saturated carbocycles. The topological polar surface area (TPSA) is 17.8 Å². The Labute approximate surface area is 97.8 Å². The Morgan fingerprint density at radius 3 is 2.56 bits per heavy atom. The first kappa shape index (κ1) is 11.2. The number of para-hydroxylation sites is 1. The number of rotatable bonds is 1. The molecule has 0 fully saturated rings. The molecule has 1 aromatic heterocycles. The SMILES string of the molecule is FC(F)(F)c1[c]cnn1-c1ccccc1Br. The third-order valence-corrected chi connectivity index (χ3v) is 2.61. The van der Waals surface area contributed by atoms with Crippen molar-refractivity contribution in [1.29, 1.82) is 0 Å². The van der Waals surface area contributed by atoms with Crippen molar-refractivity contribution in [3.8, 4) is 5.69 Å². The predicted molar refractivity (Wildman–Crippen MR) is 55.1 cm³/mol. The highest BCUT2D eigenvalue weighted by Crippen LogP contribution is 2.31. The van der Waals surface area contributed by atoms with Crippen LogP contribution in [-0.4, -0.2) is 9.78 Å². The fourth-order valence-electron chi connectivity index (χ4n) is 1.27. The van der Waals surface area contributed by atoms with E-state index >= 15 is 0 Å². The van der Waals surface area contributed by atoms with Crippen molar-refractivity contribution < 1.29 is 13.2 Å². The number of aromatic nitrogens is 2. The molecule has 6 heteroatoms. The molecule has 0 aliphatic heterocycles.